The number of hydrogen-bond donors (Lipinski definition) is 0. The van der Waals surface area contributed by atoms with E-state index in [1.807, 2.05) is 12.3 Å². The average Bonchev–Trinajstić information content (AvgIpc) is 3.37. The second-order valence-electron chi connectivity index (χ2n) is 10.5. The molecule has 1 aliphatic carbocycles. The molecule has 0 radical (unpaired) electrons. The highest BCUT2D eigenvalue weighted by molar-refractivity contribution is 6.19. The minimum Gasteiger partial charge on any atom is -0.309 e. The number of rotatable bonds is 1. The van der Waals surface area contributed by atoms with E-state index in [0.717, 1.165) is 16.6 Å². The number of benzene rings is 5. The zero-order valence-electron chi connectivity index (χ0n) is 20.3. The van der Waals surface area contributed by atoms with Crippen molar-refractivity contribution in [3.05, 3.63) is 120 Å². The first-order chi connectivity index (χ1) is 17.6. The minimum atomic E-state index is -0.0340. The van der Waals surface area contributed by atoms with Crippen LogP contribution in [-0.4, -0.2) is 9.55 Å². The molecule has 0 bridgehead atoms. The lowest BCUT2D eigenvalue weighted by molar-refractivity contribution is 0.661. The zero-order chi connectivity index (χ0) is 24.0. The van der Waals surface area contributed by atoms with Gasteiger partial charge in [0.05, 0.1) is 16.6 Å². The Morgan fingerprint density at radius 3 is 2.42 bits per heavy atom. The standard InChI is InChI=1S/C34H24N2/c1-34(2)29-11-5-3-9-24(29)28-19-21-13-15-26-25-10-4-6-12-32(25)36(33(26)27(21)20-30(28)34)23-14-16-31-22(18-23)8-7-17-35-31/h3-20H,1-2H3. The molecule has 0 atom stereocenters. The normalized spacial score (nSPS) is 14.1. The van der Waals surface area contributed by atoms with E-state index in [2.05, 4.69) is 120 Å². The van der Waals surface area contributed by atoms with Gasteiger partial charge in [0.1, 0.15) is 0 Å². The second-order valence-corrected chi connectivity index (χ2v) is 10.5. The molecule has 0 saturated carbocycles. The lowest BCUT2D eigenvalue weighted by Gasteiger charge is -2.22. The maximum absolute atomic E-state index is 4.54. The average molecular weight is 461 g/mol. The molecular weight excluding hydrogens is 436 g/mol. The summed E-state index contributed by atoms with van der Waals surface area (Å²) < 4.78 is 2.45. The molecule has 170 valence electrons. The lowest BCUT2D eigenvalue weighted by atomic mass is 9.82. The number of para-hydroxylation sites is 1. The van der Waals surface area contributed by atoms with Crippen LogP contribution in [0.2, 0.25) is 0 Å². The Labute approximate surface area is 209 Å². The van der Waals surface area contributed by atoms with Crippen molar-refractivity contribution in [2.75, 3.05) is 0 Å². The van der Waals surface area contributed by atoms with Gasteiger partial charge in [0, 0.05) is 38.8 Å². The van der Waals surface area contributed by atoms with Gasteiger partial charge in [0.2, 0.25) is 0 Å². The summed E-state index contributed by atoms with van der Waals surface area (Å²) in [7, 11) is 0. The Morgan fingerprint density at radius 2 is 1.47 bits per heavy atom. The van der Waals surface area contributed by atoms with Gasteiger partial charge >= 0.3 is 0 Å². The van der Waals surface area contributed by atoms with E-state index < -0.39 is 0 Å². The van der Waals surface area contributed by atoms with Gasteiger partial charge in [0.15, 0.2) is 0 Å². The van der Waals surface area contributed by atoms with Crippen LogP contribution in [0.15, 0.2) is 109 Å². The Hall–Kier alpha value is -4.43. The molecule has 8 rings (SSSR count). The molecule has 0 aliphatic heterocycles. The summed E-state index contributed by atoms with van der Waals surface area (Å²) in [5.41, 5.74) is 10.2. The lowest BCUT2D eigenvalue weighted by Crippen LogP contribution is -2.14. The first-order valence-electron chi connectivity index (χ1n) is 12.6. The van der Waals surface area contributed by atoms with E-state index in [0.29, 0.717) is 0 Å². The third-order valence-corrected chi connectivity index (χ3v) is 8.20. The van der Waals surface area contributed by atoms with Crippen molar-refractivity contribution >= 4 is 43.5 Å². The SMILES string of the molecule is CC1(C)c2ccccc2-c2cc3ccc4c5ccccc5n(-c5ccc6ncccc6c5)c4c3cc21. The highest BCUT2D eigenvalue weighted by atomic mass is 15.0. The third-order valence-electron chi connectivity index (χ3n) is 8.20. The van der Waals surface area contributed by atoms with E-state index >= 15 is 0 Å². The van der Waals surface area contributed by atoms with E-state index in [-0.39, 0.29) is 5.41 Å². The van der Waals surface area contributed by atoms with Crippen LogP contribution in [0.3, 0.4) is 0 Å². The van der Waals surface area contributed by atoms with Gasteiger partial charge < -0.3 is 4.57 Å². The molecule has 36 heavy (non-hydrogen) atoms. The Kier molecular flexibility index (Phi) is 3.76. The molecule has 0 unspecified atom stereocenters. The molecule has 2 heterocycles. The molecule has 7 aromatic rings. The highest BCUT2D eigenvalue weighted by Crippen LogP contribution is 2.50. The van der Waals surface area contributed by atoms with Crippen molar-refractivity contribution in [2.24, 2.45) is 0 Å². The molecule has 0 saturated heterocycles. The zero-order valence-corrected chi connectivity index (χ0v) is 20.3. The van der Waals surface area contributed by atoms with Crippen LogP contribution >= 0.6 is 0 Å². The Bertz CT molecular complexity index is 2020. The third kappa shape index (κ3) is 2.48. The fourth-order valence-corrected chi connectivity index (χ4v) is 6.45. The van der Waals surface area contributed by atoms with Gasteiger partial charge in [-0.3, -0.25) is 4.98 Å². The summed E-state index contributed by atoms with van der Waals surface area (Å²) in [5.74, 6) is 0. The van der Waals surface area contributed by atoms with Crippen LogP contribution in [-0.2, 0) is 5.41 Å². The maximum Gasteiger partial charge on any atom is 0.0703 e. The van der Waals surface area contributed by atoms with Gasteiger partial charge in [-0.05, 0) is 70.1 Å². The van der Waals surface area contributed by atoms with Crippen molar-refractivity contribution in [2.45, 2.75) is 19.3 Å². The molecule has 2 aromatic heterocycles. The van der Waals surface area contributed by atoms with Crippen LogP contribution in [0.25, 0.3) is 60.3 Å². The van der Waals surface area contributed by atoms with Crippen LogP contribution in [0.4, 0.5) is 0 Å². The topological polar surface area (TPSA) is 17.8 Å². The minimum absolute atomic E-state index is 0.0340. The van der Waals surface area contributed by atoms with Crippen LogP contribution in [0, 0.1) is 0 Å². The summed E-state index contributed by atoms with van der Waals surface area (Å²) in [4.78, 5) is 4.54. The van der Waals surface area contributed by atoms with Crippen LogP contribution in [0.5, 0.6) is 0 Å². The quantitative estimate of drug-likeness (QED) is 0.239. The monoisotopic (exact) mass is 460 g/mol. The number of fused-ring (bicyclic) bond motifs is 9. The fourth-order valence-electron chi connectivity index (χ4n) is 6.45. The summed E-state index contributed by atoms with van der Waals surface area (Å²) in [6, 6.07) is 37.9. The summed E-state index contributed by atoms with van der Waals surface area (Å²) >= 11 is 0. The van der Waals surface area contributed by atoms with E-state index in [9.17, 15) is 0 Å². The first-order valence-corrected chi connectivity index (χ1v) is 12.6. The van der Waals surface area contributed by atoms with Crippen molar-refractivity contribution in [3.8, 4) is 16.8 Å². The maximum atomic E-state index is 4.54. The van der Waals surface area contributed by atoms with E-state index in [1.54, 1.807) is 0 Å². The smallest absolute Gasteiger partial charge is 0.0703 e. The number of hydrogen-bond acceptors (Lipinski definition) is 1. The summed E-state index contributed by atoms with van der Waals surface area (Å²) in [6.45, 7) is 4.71. The van der Waals surface area contributed by atoms with Crippen molar-refractivity contribution in [1.82, 2.24) is 9.55 Å². The molecule has 0 amide bonds. The highest BCUT2D eigenvalue weighted by Gasteiger charge is 2.35. The largest absolute Gasteiger partial charge is 0.309 e. The van der Waals surface area contributed by atoms with Gasteiger partial charge in [0.25, 0.3) is 0 Å². The number of pyridine rings is 1. The molecule has 1 aliphatic rings. The van der Waals surface area contributed by atoms with Gasteiger partial charge in [-0.2, -0.15) is 0 Å². The predicted molar refractivity (Wildman–Crippen MR) is 151 cm³/mol. The Morgan fingerprint density at radius 1 is 0.611 bits per heavy atom. The van der Waals surface area contributed by atoms with E-state index in [4.69, 9.17) is 0 Å². The molecule has 0 fully saturated rings. The number of nitrogens with zero attached hydrogens (tertiary/aromatic N) is 2. The second kappa shape index (κ2) is 6.83. The summed E-state index contributed by atoms with van der Waals surface area (Å²) in [6.07, 6.45) is 1.86. The molecule has 2 heteroatoms. The first kappa shape index (κ1) is 19.8. The van der Waals surface area contributed by atoms with E-state index in [1.165, 1.54) is 54.8 Å². The fraction of sp³-hybridized carbons (Fsp3) is 0.0882. The predicted octanol–water partition coefficient (Wildman–Crippen LogP) is 8.79. The van der Waals surface area contributed by atoms with Crippen molar-refractivity contribution in [1.29, 1.82) is 0 Å². The van der Waals surface area contributed by atoms with Gasteiger partial charge in [-0.1, -0.05) is 74.5 Å². The molecule has 0 spiro atoms. The molecule has 5 aromatic carbocycles. The molecular formula is C34H24N2. The number of aromatic nitrogens is 2. The van der Waals surface area contributed by atoms with Crippen LogP contribution < -0.4 is 0 Å². The van der Waals surface area contributed by atoms with Gasteiger partial charge in [-0.15, -0.1) is 0 Å². The molecule has 2 nitrogen and oxygen atoms in total. The Balaban J connectivity index is 1.53. The van der Waals surface area contributed by atoms with Crippen molar-refractivity contribution in [3.63, 3.8) is 0 Å². The molecule has 0 N–H and O–H groups in total. The summed E-state index contributed by atoms with van der Waals surface area (Å²) in [5, 5.41) is 6.30. The van der Waals surface area contributed by atoms with Crippen LogP contribution in [0.1, 0.15) is 25.0 Å². The van der Waals surface area contributed by atoms with Gasteiger partial charge in [-0.25, -0.2) is 0 Å². The van der Waals surface area contributed by atoms with Crippen molar-refractivity contribution < 1.29 is 0 Å².